The lowest BCUT2D eigenvalue weighted by Crippen LogP contribution is -2.26. The molecule has 1 saturated heterocycles. The number of rotatable bonds is 2. The molecule has 0 unspecified atom stereocenters. The van der Waals surface area contributed by atoms with E-state index >= 15 is 0 Å². The first-order chi connectivity index (χ1) is 7.27. The molecule has 1 fully saturated rings. The Bertz CT molecular complexity index is 345. The van der Waals surface area contributed by atoms with E-state index in [2.05, 4.69) is 5.32 Å². The molecule has 2 rings (SSSR count). The molecule has 1 aromatic carbocycles. The smallest absolute Gasteiger partial charge is 0.248 e. The molecule has 1 heterocycles. The van der Waals surface area contributed by atoms with Crippen molar-refractivity contribution in [1.82, 2.24) is 5.32 Å². The number of carbonyl (C=O) groups is 1. The molecule has 0 atom stereocenters. The van der Waals surface area contributed by atoms with Gasteiger partial charge in [0.05, 0.1) is 0 Å². The molecule has 1 aliphatic rings. The third-order valence-electron chi connectivity index (χ3n) is 3.01. The van der Waals surface area contributed by atoms with Crippen LogP contribution in [0.5, 0.6) is 0 Å². The van der Waals surface area contributed by atoms with Gasteiger partial charge in [-0.05, 0) is 49.5 Å². The second kappa shape index (κ2) is 5.87. The number of halogens is 1. The Morgan fingerprint density at radius 2 is 1.75 bits per heavy atom. The van der Waals surface area contributed by atoms with Crippen LogP contribution < -0.4 is 11.1 Å². The number of primary amides is 1. The highest BCUT2D eigenvalue weighted by molar-refractivity contribution is 5.92. The maximum atomic E-state index is 10.9. The first-order valence-electron chi connectivity index (χ1n) is 5.38. The number of nitrogens with two attached hydrogens (primary N) is 1. The summed E-state index contributed by atoms with van der Waals surface area (Å²) in [5.41, 5.74) is 7.10. The van der Waals surface area contributed by atoms with Gasteiger partial charge < -0.3 is 11.1 Å². The molecule has 1 aliphatic heterocycles. The molecule has 16 heavy (non-hydrogen) atoms. The van der Waals surface area contributed by atoms with Gasteiger partial charge in [-0.15, -0.1) is 12.4 Å². The number of amides is 1. The van der Waals surface area contributed by atoms with Gasteiger partial charge in [0.15, 0.2) is 0 Å². The number of hydrogen-bond acceptors (Lipinski definition) is 2. The third-order valence-corrected chi connectivity index (χ3v) is 3.01. The van der Waals surface area contributed by atoms with Crippen LogP contribution in [-0.4, -0.2) is 19.0 Å². The van der Waals surface area contributed by atoms with Crippen LogP contribution >= 0.6 is 12.4 Å². The Morgan fingerprint density at radius 3 is 2.25 bits per heavy atom. The minimum absolute atomic E-state index is 0. The van der Waals surface area contributed by atoms with Crippen molar-refractivity contribution in [3.05, 3.63) is 35.4 Å². The number of nitrogens with one attached hydrogen (secondary N) is 1. The lowest BCUT2D eigenvalue weighted by Gasteiger charge is -2.22. The van der Waals surface area contributed by atoms with Crippen molar-refractivity contribution >= 4 is 18.3 Å². The number of hydrogen-bond donors (Lipinski definition) is 2. The van der Waals surface area contributed by atoms with Crippen molar-refractivity contribution < 1.29 is 4.79 Å². The minimum atomic E-state index is -0.355. The topological polar surface area (TPSA) is 55.1 Å². The van der Waals surface area contributed by atoms with E-state index in [1.165, 1.54) is 18.4 Å². The summed E-state index contributed by atoms with van der Waals surface area (Å²) in [6.45, 7) is 2.17. The lowest BCUT2D eigenvalue weighted by molar-refractivity contribution is 0.100. The van der Waals surface area contributed by atoms with Crippen LogP contribution in [0.25, 0.3) is 0 Å². The molecule has 3 N–H and O–H groups in total. The van der Waals surface area contributed by atoms with Gasteiger partial charge >= 0.3 is 0 Å². The van der Waals surface area contributed by atoms with Crippen LogP contribution in [0, 0.1) is 0 Å². The van der Waals surface area contributed by atoms with E-state index in [0.717, 1.165) is 13.1 Å². The molecular formula is C12H17ClN2O. The van der Waals surface area contributed by atoms with Gasteiger partial charge in [0.1, 0.15) is 0 Å². The molecular weight excluding hydrogens is 224 g/mol. The van der Waals surface area contributed by atoms with Gasteiger partial charge in [-0.1, -0.05) is 12.1 Å². The van der Waals surface area contributed by atoms with Crippen LogP contribution in [0.1, 0.15) is 34.7 Å². The van der Waals surface area contributed by atoms with E-state index in [0.29, 0.717) is 11.5 Å². The maximum absolute atomic E-state index is 10.9. The highest BCUT2D eigenvalue weighted by atomic mass is 35.5. The second-order valence-electron chi connectivity index (χ2n) is 4.01. The summed E-state index contributed by atoms with van der Waals surface area (Å²) < 4.78 is 0. The zero-order chi connectivity index (χ0) is 10.7. The van der Waals surface area contributed by atoms with Crippen molar-refractivity contribution in [2.45, 2.75) is 18.8 Å². The Hall–Kier alpha value is -1.06. The van der Waals surface area contributed by atoms with E-state index < -0.39 is 0 Å². The fourth-order valence-corrected chi connectivity index (χ4v) is 2.07. The minimum Gasteiger partial charge on any atom is -0.366 e. The zero-order valence-electron chi connectivity index (χ0n) is 9.11. The standard InChI is InChI=1S/C12H16N2O.ClH/c13-12(15)11-3-1-9(2-4-11)10-5-7-14-8-6-10;/h1-4,10,14H,5-8H2,(H2,13,15);1H. The maximum Gasteiger partial charge on any atom is 0.248 e. The normalized spacial score (nSPS) is 16.5. The largest absolute Gasteiger partial charge is 0.366 e. The van der Waals surface area contributed by atoms with Crippen molar-refractivity contribution in [2.75, 3.05) is 13.1 Å². The summed E-state index contributed by atoms with van der Waals surface area (Å²) in [5.74, 6) is 0.278. The van der Waals surface area contributed by atoms with Gasteiger partial charge in [-0.2, -0.15) is 0 Å². The third kappa shape index (κ3) is 2.97. The van der Waals surface area contributed by atoms with Gasteiger partial charge in [0, 0.05) is 5.56 Å². The van der Waals surface area contributed by atoms with Crippen LogP contribution in [-0.2, 0) is 0 Å². The van der Waals surface area contributed by atoms with Gasteiger partial charge in [-0.25, -0.2) is 0 Å². The molecule has 0 saturated carbocycles. The number of benzene rings is 1. The highest BCUT2D eigenvalue weighted by Gasteiger charge is 2.14. The first kappa shape index (κ1) is 13.0. The second-order valence-corrected chi connectivity index (χ2v) is 4.01. The van der Waals surface area contributed by atoms with Crippen LogP contribution in [0.4, 0.5) is 0 Å². The first-order valence-corrected chi connectivity index (χ1v) is 5.38. The molecule has 0 radical (unpaired) electrons. The Labute approximate surface area is 102 Å². The zero-order valence-corrected chi connectivity index (χ0v) is 9.93. The van der Waals surface area contributed by atoms with Crippen LogP contribution in [0.15, 0.2) is 24.3 Å². The molecule has 3 nitrogen and oxygen atoms in total. The Morgan fingerprint density at radius 1 is 1.19 bits per heavy atom. The number of piperidine rings is 1. The van der Waals surface area contributed by atoms with Crippen LogP contribution in [0.2, 0.25) is 0 Å². The van der Waals surface area contributed by atoms with Crippen LogP contribution in [0.3, 0.4) is 0 Å². The Kier molecular flexibility index (Phi) is 4.77. The highest BCUT2D eigenvalue weighted by Crippen LogP contribution is 2.24. The molecule has 4 heteroatoms. The summed E-state index contributed by atoms with van der Waals surface area (Å²) >= 11 is 0. The van der Waals surface area contributed by atoms with E-state index in [1.54, 1.807) is 0 Å². The van der Waals surface area contributed by atoms with Crippen molar-refractivity contribution in [2.24, 2.45) is 5.73 Å². The van der Waals surface area contributed by atoms with Crippen molar-refractivity contribution in [1.29, 1.82) is 0 Å². The van der Waals surface area contributed by atoms with Crippen molar-refractivity contribution in [3.8, 4) is 0 Å². The predicted octanol–water partition coefficient (Wildman–Crippen LogP) is 1.67. The monoisotopic (exact) mass is 240 g/mol. The molecule has 0 aromatic heterocycles. The SMILES string of the molecule is Cl.NC(=O)c1ccc(C2CCNCC2)cc1. The summed E-state index contributed by atoms with van der Waals surface area (Å²) in [7, 11) is 0. The van der Waals surface area contributed by atoms with Gasteiger partial charge in [0.25, 0.3) is 0 Å². The molecule has 1 aromatic rings. The summed E-state index contributed by atoms with van der Waals surface area (Å²) in [6.07, 6.45) is 2.35. The van der Waals surface area contributed by atoms with E-state index in [-0.39, 0.29) is 18.3 Å². The summed E-state index contributed by atoms with van der Waals surface area (Å²) in [5, 5.41) is 3.34. The lowest BCUT2D eigenvalue weighted by atomic mass is 9.90. The van der Waals surface area contributed by atoms with Crippen molar-refractivity contribution in [3.63, 3.8) is 0 Å². The van der Waals surface area contributed by atoms with Gasteiger partial charge in [-0.3, -0.25) is 4.79 Å². The average Bonchev–Trinajstić information content (AvgIpc) is 2.30. The van der Waals surface area contributed by atoms with E-state index in [1.807, 2.05) is 24.3 Å². The fraction of sp³-hybridized carbons (Fsp3) is 0.417. The number of carbonyl (C=O) groups excluding carboxylic acids is 1. The molecule has 88 valence electrons. The van der Waals surface area contributed by atoms with E-state index in [4.69, 9.17) is 5.73 Å². The van der Waals surface area contributed by atoms with Gasteiger partial charge in [0.2, 0.25) is 5.91 Å². The predicted molar refractivity (Wildman–Crippen MR) is 67.1 cm³/mol. The molecule has 0 bridgehead atoms. The molecule has 0 spiro atoms. The quantitative estimate of drug-likeness (QED) is 0.827. The summed E-state index contributed by atoms with van der Waals surface area (Å²) in [6, 6.07) is 7.69. The summed E-state index contributed by atoms with van der Waals surface area (Å²) in [4.78, 5) is 10.9. The Balaban J connectivity index is 0.00000128. The van der Waals surface area contributed by atoms with E-state index in [9.17, 15) is 4.79 Å². The molecule has 1 amide bonds. The average molecular weight is 241 g/mol. The fourth-order valence-electron chi connectivity index (χ4n) is 2.07. The molecule has 0 aliphatic carbocycles.